The van der Waals surface area contributed by atoms with Crippen LogP contribution in [0.25, 0.3) is 0 Å². The van der Waals surface area contributed by atoms with Crippen LogP contribution >= 0.6 is 11.3 Å². The number of carbonyl (C=O) groups excluding carboxylic acids is 2. The van der Waals surface area contributed by atoms with Gasteiger partial charge in [-0.3, -0.25) is 4.79 Å². The molecule has 2 heterocycles. The Morgan fingerprint density at radius 3 is 2.79 bits per heavy atom. The van der Waals surface area contributed by atoms with Gasteiger partial charge in [-0.15, -0.1) is 11.3 Å². The highest BCUT2D eigenvalue weighted by atomic mass is 32.1. The molecule has 1 aromatic heterocycles. The van der Waals surface area contributed by atoms with Crippen molar-refractivity contribution in [2.75, 3.05) is 11.4 Å². The fourth-order valence-corrected chi connectivity index (χ4v) is 4.02. The lowest BCUT2D eigenvalue weighted by Crippen LogP contribution is -2.39. The van der Waals surface area contributed by atoms with E-state index in [1.54, 1.807) is 11.8 Å². The van der Waals surface area contributed by atoms with E-state index in [1.807, 2.05) is 37.3 Å². The van der Waals surface area contributed by atoms with Crippen molar-refractivity contribution in [1.82, 2.24) is 0 Å². The van der Waals surface area contributed by atoms with Gasteiger partial charge < -0.3 is 9.64 Å². The first kappa shape index (κ1) is 16.7. The molecule has 1 aliphatic rings. The Labute approximate surface area is 146 Å². The van der Waals surface area contributed by atoms with Crippen molar-refractivity contribution in [2.45, 2.75) is 39.7 Å². The van der Waals surface area contributed by atoms with Crippen LogP contribution in [0.2, 0.25) is 0 Å². The van der Waals surface area contributed by atoms with Crippen molar-refractivity contribution >= 4 is 28.9 Å². The molecule has 0 saturated carbocycles. The molecule has 0 radical (unpaired) electrons. The first-order chi connectivity index (χ1) is 11.5. The smallest absolute Gasteiger partial charge is 0.349 e. The number of fused-ring (bicyclic) bond motifs is 1. The van der Waals surface area contributed by atoms with Gasteiger partial charge in [0.1, 0.15) is 4.88 Å². The van der Waals surface area contributed by atoms with Gasteiger partial charge in [0.2, 0.25) is 0 Å². The van der Waals surface area contributed by atoms with Crippen molar-refractivity contribution in [3.05, 3.63) is 51.2 Å². The van der Waals surface area contributed by atoms with Crippen molar-refractivity contribution < 1.29 is 14.3 Å². The Hall–Kier alpha value is -2.14. The quantitative estimate of drug-likeness (QED) is 0.794. The van der Waals surface area contributed by atoms with E-state index < -0.39 is 12.1 Å². The summed E-state index contributed by atoms with van der Waals surface area (Å²) < 4.78 is 5.42. The summed E-state index contributed by atoms with van der Waals surface area (Å²) in [7, 11) is 0. The van der Waals surface area contributed by atoms with E-state index in [0.717, 1.165) is 29.7 Å². The van der Waals surface area contributed by atoms with Crippen molar-refractivity contribution in [3.8, 4) is 0 Å². The highest BCUT2D eigenvalue weighted by molar-refractivity contribution is 7.14. The van der Waals surface area contributed by atoms with Crippen LogP contribution < -0.4 is 4.90 Å². The van der Waals surface area contributed by atoms with Gasteiger partial charge in [-0.1, -0.05) is 25.1 Å². The Bertz CT molecular complexity index is 781. The maximum atomic E-state index is 12.7. The second-order valence-electron chi connectivity index (χ2n) is 5.99. The number of rotatable bonds is 4. The van der Waals surface area contributed by atoms with Gasteiger partial charge in [0.05, 0.1) is 0 Å². The molecular weight excluding hydrogens is 322 g/mol. The standard InChI is InChI=1S/C19H21NO3S/c1-4-16-12(2)11-17(24-16)19(22)23-13(3)18(21)20-10-9-14-7-5-6-8-15(14)20/h5-8,11,13H,4,9-10H2,1-3H3/t13-/m0/s1. The summed E-state index contributed by atoms with van der Waals surface area (Å²) in [5.74, 6) is -0.589. The number of hydrogen-bond donors (Lipinski definition) is 0. The number of esters is 1. The van der Waals surface area contributed by atoms with E-state index in [-0.39, 0.29) is 5.91 Å². The molecule has 0 bridgehead atoms. The predicted octanol–water partition coefficient (Wildman–Crippen LogP) is 3.75. The summed E-state index contributed by atoms with van der Waals surface area (Å²) in [6, 6.07) is 9.70. The minimum Gasteiger partial charge on any atom is -0.448 e. The summed E-state index contributed by atoms with van der Waals surface area (Å²) in [5.41, 5.74) is 3.18. The lowest BCUT2D eigenvalue weighted by atomic mass is 10.2. The predicted molar refractivity (Wildman–Crippen MR) is 95.8 cm³/mol. The van der Waals surface area contributed by atoms with E-state index in [0.29, 0.717) is 11.4 Å². The first-order valence-corrected chi connectivity index (χ1v) is 9.02. The van der Waals surface area contributed by atoms with Crippen LogP contribution in [0.15, 0.2) is 30.3 Å². The zero-order valence-corrected chi connectivity index (χ0v) is 15.0. The molecule has 1 aromatic carbocycles. The number of nitrogens with zero attached hydrogens (tertiary/aromatic N) is 1. The zero-order valence-electron chi connectivity index (χ0n) is 14.2. The molecule has 5 heteroatoms. The van der Waals surface area contributed by atoms with E-state index >= 15 is 0 Å². The third-order valence-corrected chi connectivity index (χ3v) is 5.69. The highest BCUT2D eigenvalue weighted by Gasteiger charge is 2.30. The molecule has 0 N–H and O–H groups in total. The number of hydrogen-bond acceptors (Lipinski definition) is 4. The van der Waals surface area contributed by atoms with E-state index in [2.05, 4.69) is 6.92 Å². The second-order valence-corrected chi connectivity index (χ2v) is 7.12. The number of para-hydroxylation sites is 1. The lowest BCUT2D eigenvalue weighted by Gasteiger charge is -2.21. The van der Waals surface area contributed by atoms with Crippen LogP contribution in [0.4, 0.5) is 5.69 Å². The molecule has 1 aliphatic heterocycles. The average molecular weight is 343 g/mol. The Kier molecular flexibility index (Phi) is 4.71. The van der Waals surface area contributed by atoms with Crippen LogP contribution in [0.3, 0.4) is 0 Å². The van der Waals surface area contributed by atoms with Gasteiger partial charge in [0.25, 0.3) is 5.91 Å². The third kappa shape index (κ3) is 3.08. The second kappa shape index (κ2) is 6.77. The summed E-state index contributed by atoms with van der Waals surface area (Å²) in [6.45, 7) is 6.33. The molecule has 24 heavy (non-hydrogen) atoms. The van der Waals surface area contributed by atoms with Gasteiger partial charge in [0, 0.05) is 17.1 Å². The van der Waals surface area contributed by atoms with E-state index in [9.17, 15) is 9.59 Å². The Morgan fingerprint density at radius 1 is 1.33 bits per heavy atom. The molecule has 0 spiro atoms. The van der Waals surface area contributed by atoms with Crippen molar-refractivity contribution in [3.63, 3.8) is 0 Å². The molecule has 0 unspecified atom stereocenters. The molecule has 3 rings (SSSR count). The number of benzene rings is 1. The number of aryl methyl sites for hydroxylation is 2. The van der Waals surface area contributed by atoms with E-state index in [4.69, 9.17) is 4.74 Å². The fraction of sp³-hybridized carbons (Fsp3) is 0.368. The minimum absolute atomic E-state index is 0.169. The summed E-state index contributed by atoms with van der Waals surface area (Å²) in [5, 5.41) is 0. The van der Waals surface area contributed by atoms with Crippen LogP contribution in [0.5, 0.6) is 0 Å². The largest absolute Gasteiger partial charge is 0.448 e. The fourth-order valence-electron chi connectivity index (χ4n) is 3.03. The molecule has 0 fully saturated rings. The van der Waals surface area contributed by atoms with Crippen LogP contribution in [0, 0.1) is 6.92 Å². The molecule has 2 aromatic rings. The first-order valence-electron chi connectivity index (χ1n) is 8.20. The third-order valence-electron chi connectivity index (χ3n) is 4.33. The molecular formula is C19H21NO3S. The highest BCUT2D eigenvalue weighted by Crippen LogP contribution is 2.29. The molecule has 0 saturated heterocycles. The SMILES string of the molecule is CCc1sc(C(=O)O[C@@H](C)C(=O)N2CCc3ccccc32)cc1C. The number of carbonyl (C=O) groups is 2. The van der Waals surface area contributed by atoms with Gasteiger partial charge in [0.15, 0.2) is 6.10 Å². The maximum Gasteiger partial charge on any atom is 0.349 e. The Balaban J connectivity index is 1.69. The van der Waals surface area contributed by atoms with Crippen molar-refractivity contribution in [2.24, 2.45) is 0 Å². The molecule has 4 nitrogen and oxygen atoms in total. The number of anilines is 1. The monoisotopic (exact) mass is 343 g/mol. The van der Waals surface area contributed by atoms with Gasteiger partial charge in [-0.2, -0.15) is 0 Å². The maximum absolute atomic E-state index is 12.7. The Morgan fingerprint density at radius 2 is 2.08 bits per heavy atom. The minimum atomic E-state index is -0.795. The lowest BCUT2D eigenvalue weighted by molar-refractivity contribution is -0.126. The van der Waals surface area contributed by atoms with Crippen LogP contribution in [-0.2, 0) is 22.4 Å². The molecule has 126 valence electrons. The average Bonchev–Trinajstić information content (AvgIpc) is 3.17. The summed E-state index contributed by atoms with van der Waals surface area (Å²) in [4.78, 5) is 28.4. The van der Waals surface area contributed by atoms with Crippen LogP contribution in [-0.4, -0.2) is 24.5 Å². The summed E-state index contributed by atoms with van der Waals surface area (Å²) >= 11 is 1.44. The van der Waals surface area contributed by atoms with Gasteiger partial charge in [-0.05, 0) is 49.9 Å². The molecule has 1 amide bonds. The van der Waals surface area contributed by atoms with Crippen molar-refractivity contribution in [1.29, 1.82) is 0 Å². The zero-order chi connectivity index (χ0) is 17.3. The normalized spacial score (nSPS) is 14.4. The number of amides is 1. The summed E-state index contributed by atoms with van der Waals surface area (Å²) in [6.07, 6.45) is 0.936. The van der Waals surface area contributed by atoms with Gasteiger partial charge in [-0.25, -0.2) is 4.79 Å². The van der Waals surface area contributed by atoms with Gasteiger partial charge >= 0.3 is 5.97 Å². The van der Waals surface area contributed by atoms with E-state index in [1.165, 1.54) is 16.2 Å². The van der Waals surface area contributed by atoms with Crippen LogP contribution in [0.1, 0.15) is 39.5 Å². The molecule has 1 atom stereocenters. The topological polar surface area (TPSA) is 46.6 Å². The number of thiophene rings is 1. The number of ether oxygens (including phenoxy) is 1. The molecule has 0 aliphatic carbocycles.